The van der Waals surface area contributed by atoms with Crippen LogP contribution < -0.4 is 16.8 Å². The van der Waals surface area contributed by atoms with Crippen LogP contribution in [0.4, 0.5) is 10.1 Å². The number of nitrogens with one attached hydrogen (secondary N) is 1. The van der Waals surface area contributed by atoms with Crippen molar-refractivity contribution in [3.63, 3.8) is 0 Å². The maximum absolute atomic E-state index is 12.8. The van der Waals surface area contributed by atoms with Gasteiger partial charge < -0.3 is 16.8 Å². The van der Waals surface area contributed by atoms with Crippen LogP contribution in [0.15, 0.2) is 86.1 Å². The predicted octanol–water partition coefficient (Wildman–Crippen LogP) is 6.37. The Morgan fingerprint density at radius 1 is 1.17 bits per heavy atom. The Labute approximate surface area is 183 Å². The summed E-state index contributed by atoms with van der Waals surface area (Å²) in [7, 11) is 0. The lowest BCUT2D eigenvalue weighted by Crippen LogP contribution is -2.18. The van der Waals surface area contributed by atoms with Crippen molar-refractivity contribution in [3.05, 3.63) is 103 Å². The molecule has 0 aromatic heterocycles. The number of allylic oxidation sites excluding steroid dienone is 2. The summed E-state index contributed by atoms with van der Waals surface area (Å²) < 4.78 is 12.8. The molecule has 0 saturated heterocycles. The maximum atomic E-state index is 12.8. The summed E-state index contributed by atoms with van der Waals surface area (Å²) in [5.41, 5.74) is 14.3. The van der Waals surface area contributed by atoms with Gasteiger partial charge in [0.05, 0.1) is 0 Å². The van der Waals surface area contributed by atoms with Gasteiger partial charge in [-0.2, -0.15) is 0 Å². The molecule has 166 valence electrons. The lowest BCUT2D eigenvalue weighted by atomic mass is 10.0. The van der Waals surface area contributed by atoms with Gasteiger partial charge in [0.25, 0.3) is 0 Å². The molecule has 2 aromatic carbocycles. The van der Waals surface area contributed by atoms with Crippen molar-refractivity contribution in [2.24, 2.45) is 11.5 Å². The van der Waals surface area contributed by atoms with Crippen molar-refractivity contribution in [2.45, 2.75) is 46.6 Å². The summed E-state index contributed by atoms with van der Waals surface area (Å²) >= 11 is 0. The third-order valence-electron chi connectivity index (χ3n) is 3.45. The molecule has 0 amide bonds. The minimum absolute atomic E-state index is 0.202. The number of benzene rings is 2. The van der Waals surface area contributed by atoms with E-state index >= 15 is 0 Å². The molecule has 1 atom stereocenters. The lowest BCUT2D eigenvalue weighted by Gasteiger charge is -2.15. The molecule has 0 bridgehead atoms. The first-order valence-corrected chi connectivity index (χ1v) is 10.1. The fourth-order valence-corrected chi connectivity index (χ4v) is 2.34. The number of nitrogens with two attached hydrogens (primary N) is 2. The van der Waals surface area contributed by atoms with Gasteiger partial charge in [-0.1, -0.05) is 48.6 Å². The van der Waals surface area contributed by atoms with E-state index in [4.69, 9.17) is 11.5 Å². The molecule has 4 heteroatoms. The van der Waals surface area contributed by atoms with Crippen molar-refractivity contribution >= 4 is 5.69 Å². The average Bonchev–Trinajstić information content (AvgIpc) is 2.70. The largest absolute Gasteiger partial charge is 0.403 e. The molecule has 0 fully saturated rings. The normalized spacial score (nSPS) is 10.3. The average molecular weight is 414 g/mol. The molecular formula is C26H40FN3. The van der Waals surface area contributed by atoms with Gasteiger partial charge >= 0.3 is 0 Å². The summed E-state index contributed by atoms with van der Waals surface area (Å²) in [6.45, 7) is 18.1. The molecule has 0 saturated carbocycles. The molecule has 0 aliphatic heterocycles. The predicted molar refractivity (Wildman–Crippen MR) is 133 cm³/mol. The van der Waals surface area contributed by atoms with Crippen molar-refractivity contribution in [2.75, 3.05) is 11.9 Å². The Balaban J connectivity index is 0. The van der Waals surface area contributed by atoms with Crippen LogP contribution in [0.5, 0.6) is 0 Å². The minimum atomic E-state index is -0.202. The highest BCUT2D eigenvalue weighted by atomic mass is 19.1. The fraction of sp³-hybridized carbons (Fsp3) is 0.308. The first-order valence-electron chi connectivity index (χ1n) is 10.1. The van der Waals surface area contributed by atoms with Gasteiger partial charge in [-0.15, -0.1) is 13.2 Å². The molecule has 2 rings (SSSR count). The van der Waals surface area contributed by atoms with Gasteiger partial charge in [-0.25, -0.2) is 4.39 Å². The SMILES string of the molecule is C/C=C/CCN.C=C.C=C(C)N.Cc1cccc(CC(C)Nc2ccc(F)cc2)c1. The van der Waals surface area contributed by atoms with E-state index in [0.717, 1.165) is 25.1 Å². The van der Waals surface area contributed by atoms with E-state index in [9.17, 15) is 4.39 Å². The molecule has 0 spiro atoms. The number of aryl methyl sites for hydroxylation is 1. The van der Waals surface area contributed by atoms with Gasteiger partial charge in [-0.3, -0.25) is 0 Å². The Hall–Kier alpha value is -2.85. The number of hydrogen-bond donors (Lipinski definition) is 3. The Kier molecular flexibility index (Phi) is 19.0. The molecule has 0 aliphatic rings. The molecule has 3 nitrogen and oxygen atoms in total. The summed E-state index contributed by atoms with van der Waals surface area (Å²) in [6.07, 6.45) is 6.03. The van der Waals surface area contributed by atoms with Gasteiger partial charge in [0.2, 0.25) is 0 Å². The van der Waals surface area contributed by atoms with Crippen LogP contribution in [0, 0.1) is 12.7 Å². The first-order chi connectivity index (χ1) is 14.3. The van der Waals surface area contributed by atoms with Crippen LogP contribution in [-0.4, -0.2) is 12.6 Å². The molecule has 0 aliphatic carbocycles. The van der Waals surface area contributed by atoms with Gasteiger partial charge in [0.1, 0.15) is 5.82 Å². The highest BCUT2D eigenvalue weighted by molar-refractivity contribution is 5.44. The molecule has 0 radical (unpaired) electrons. The second-order valence-electron chi connectivity index (χ2n) is 6.74. The molecule has 5 N–H and O–H groups in total. The quantitative estimate of drug-likeness (QED) is 0.482. The standard InChI is InChI=1S/C16H18FN.C5H11N.C3H7N.C2H4/c1-12-4-3-5-14(10-12)11-13(2)18-16-8-6-15(17)7-9-16;1-2-3-4-5-6;1-3(2)4;1-2/h3-10,13,18H,11H2,1-2H3;2-3H,4-6H2,1H3;1,4H2,2H3;1-2H2/b;3-2+;;. The number of hydrogen-bond acceptors (Lipinski definition) is 3. The Bertz CT molecular complexity index is 704. The number of anilines is 1. The van der Waals surface area contributed by atoms with Crippen LogP contribution in [0.3, 0.4) is 0 Å². The second-order valence-corrected chi connectivity index (χ2v) is 6.74. The van der Waals surface area contributed by atoms with Crippen molar-refractivity contribution in [1.29, 1.82) is 0 Å². The third-order valence-corrected chi connectivity index (χ3v) is 3.45. The zero-order valence-corrected chi connectivity index (χ0v) is 19.1. The topological polar surface area (TPSA) is 64.1 Å². The minimum Gasteiger partial charge on any atom is -0.403 e. The van der Waals surface area contributed by atoms with Gasteiger partial charge in [-0.05, 0) is 82.6 Å². The van der Waals surface area contributed by atoms with Gasteiger partial charge in [0.15, 0.2) is 0 Å². The van der Waals surface area contributed by atoms with Crippen LogP contribution >= 0.6 is 0 Å². The first kappa shape index (κ1) is 29.4. The van der Waals surface area contributed by atoms with Crippen LogP contribution in [0.1, 0.15) is 38.3 Å². The fourth-order valence-electron chi connectivity index (χ4n) is 2.34. The Morgan fingerprint density at radius 3 is 2.17 bits per heavy atom. The number of halogens is 1. The van der Waals surface area contributed by atoms with Crippen molar-refractivity contribution in [3.8, 4) is 0 Å². The highest BCUT2D eigenvalue weighted by Gasteiger charge is 2.04. The lowest BCUT2D eigenvalue weighted by molar-refractivity contribution is 0.628. The maximum Gasteiger partial charge on any atom is 0.123 e. The van der Waals surface area contributed by atoms with E-state index in [1.165, 1.54) is 23.3 Å². The molecule has 1 unspecified atom stereocenters. The molecule has 2 aromatic rings. The van der Waals surface area contributed by atoms with E-state index in [0.29, 0.717) is 11.7 Å². The van der Waals surface area contributed by atoms with E-state index in [2.05, 4.69) is 69.2 Å². The van der Waals surface area contributed by atoms with E-state index in [-0.39, 0.29) is 5.82 Å². The highest BCUT2D eigenvalue weighted by Crippen LogP contribution is 2.13. The van der Waals surface area contributed by atoms with E-state index < -0.39 is 0 Å². The van der Waals surface area contributed by atoms with Gasteiger partial charge in [0, 0.05) is 11.7 Å². The summed E-state index contributed by atoms with van der Waals surface area (Å²) in [4.78, 5) is 0. The smallest absolute Gasteiger partial charge is 0.123 e. The summed E-state index contributed by atoms with van der Waals surface area (Å²) in [6, 6.07) is 15.3. The van der Waals surface area contributed by atoms with E-state index in [1.54, 1.807) is 19.1 Å². The van der Waals surface area contributed by atoms with Crippen molar-refractivity contribution < 1.29 is 4.39 Å². The monoisotopic (exact) mass is 413 g/mol. The third kappa shape index (κ3) is 18.5. The van der Waals surface area contributed by atoms with Crippen molar-refractivity contribution in [1.82, 2.24) is 0 Å². The van der Waals surface area contributed by atoms with Crippen LogP contribution in [-0.2, 0) is 6.42 Å². The summed E-state index contributed by atoms with van der Waals surface area (Å²) in [5.74, 6) is -0.202. The zero-order chi connectivity index (χ0) is 23.4. The molecule has 30 heavy (non-hydrogen) atoms. The van der Waals surface area contributed by atoms with Crippen LogP contribution in [0.25, 0.3) is 0 Å². The second kappa shape index (κ2) is 19.5. The zero-order valence-electron chi connectivity index (χ0n) is 19.1. The Morgan fingerprint density at radius 2 is 1.73 bits per heavy atom. The van der Waals surface area contributed by atoms with E-state index in [1.807, 2.05) is 13.0 Å². The number of rotatable bonds is 6. The molecular weight excluding hydrogens is 373 g/mol. The summed E-state index contributed by atoms with van der Waals surface area (Å²) in [5, 5.41) is 3.37. The molecule has 0 heterocycles. The van der Waals surface area contributed by atoms with Crippen LogP contribution in [0.2, 0.25) is 0 Å².